The first kappa shape index (κ1) is 32.8. The molecule has 14 nitrogen and oxygen atoms in total. The minimum atomic E-state index is -1.49. The van der Waals surface area contributed by atoms with Gasteiger partial charge in [0.05, 0.1) is 6.04 Å². The van der Waals surface area contributed by atoms with Crippen molar-refractivity contribution in [3.8, 4) is 0 Å². The summed E-state index contributed by atoms with van der Waals surface area (Å²) in [4.78, 5) is 76.3. The van der Waals surface area contributed by atoms with Crippen molar-refractivity contribution in [3.05, 3.63) is 36.0 Å². The van der Waals surface area contributed by atoms with E-state index < -0.39 is 72.1 Å². The van der Waals surface area contributed by atoms with E-state index in [1.807, 2.05) is 24.3 Å². The fourth-order valence-electron chi connectivity index (χ4n) is 4.21. The second-order valence-electron chi connectivity index (χ2n) is 9.94. The third-order valence-corrected chi connectivity index (χ3v) is 6.82. The van der Waals surface area contributed by atoms with E-state index >= 15 is 0 Å². The maximum Gasteiger partial charge on any atom is 0.326 e. The molecule has 0 aliphatic heterocycles. The molecule has 2 aromatic rings. The van der Waals surface area contributed by atoms with Crippen molar-refractivity contribution < 1.29 is 39.0 Å². The van der Waals surface area contributed by atoms with Gasteiger partial charge in [0, 0.05) is 29.9 Å². The topological polar surface area (TPSA) is 247 Å². The van der Waals surface area contributed by atoms with E-state index in [4.69, 9.17) is 16.6 Å². The first-order valence-electron chi connectivity index (χ1n) is 13.3. The van der Waals surface area contributed by atoms with Crippen LogP contribution in [-0.2, 0) is 35.2 Å². The molecule has 1 aromatic carbocycles. The molecule has 10 N–H and O–H groups in total. The molecule has 14 heteroatoms. The molecule has 0 aliphatic rings. The zero-order valence-corrected chi connectivity index (χ0v) is 23.0. The molecule has 5 atom stereocenters. The molecular weight excluding hydrogens is 536 g/mol. The predicted octanol–water partition coefficient (Wildman–Crippen LogP) is -0.247. The van der Waals surface area contributed by atoms with Gasteiger partial charge in [-0.15, -0.1) is 0 Å². The lowest BCUT2D eigenvalue weighted by atomic mass is 9.96. The highest BCUT2D eigenvalue weighted by atomic mass is 16.4. The minimum Gasteiger partial charge on any atom is -0.481 e. The summed E-state index contributed by atoms with van der Waals surface area (Å²) in [6.07, 6.45) is 1.06. The van der Waals surface area contributed by atoms with Crippen LogP contribution in [0.3, 0.4) is 0 Å². The Morgan fingerprint density at radius 1 is 0.902 bits per heavy atom. The molecule has 0 aliphatic carbocycles. The number of para-hydroxylation sites is 1. The number of aromatic nitrogens is 1. The van der Waals surface area contributed by atoms with Crippen LogP contribution in [0.25, 0.3) is 10.9 Å². The molecule has 4 amide bonds. The lowest BCUT2D eigenvalue weighted by Crippen LogP contribution is -2.58. The van der Waals surface area contributed by atoms with Crippen molar-refractivity contribution in [2.75, 3.05) is 0 Å². The van der Waals surface area contributed by atoms with E-state index in [2.05, 4.69) is 20.9 Å². The third kappa shape index (κ3) is 9.90. The maximum atomic E-state index is 13.3. The number of nitrogens with one attached hydrogen (secondary N) is 4. The van der Waals surface area contributed by atoms with Crippen LogP contribution < -0.4 is 27.4 Å². The number of primary amides is 1. The molecule has 0 spiro atoms. The van der Waals surface area contributed by atoms with Crippen LogP contribution in [0.4, 0.5) is 0 Å². The monoisotopic (exact) mass is 574 g/mol. The Morgan fingerprint density at radius 2 is 1.54 bits per heavy atom. The van der Waals surface area contributed by atoms with E-state index in [1.165, 1.54) is 0 Å². The average molecular weight is 575 g/mol. The second-order valence-corrected chi connectivity index (χ2v) is 9.94. The number of H-pyrrole nitrogens is 1. The van der Waals surface area contributed by atoms with Gasteiger partial charge >= 0.3 is 11.9 Å². The second kappa shape index (κ2) is 15.4. The molecule has 2 rings (SSSR count). The lowest BCUT2D eigenvalue weighted by molar-refractivity contribution is -0.143. The van der Waals surface area contributed by atoms with Gasteiger partial charge in [-0.05, 0) is 36.8 Å². The highest BCUT2D eigenvalue weighted by molar-refractivity contribution is 5.95. The highest BCUT2D eigenvalue weighted by Gasteiger charge is 2.33. The Labute approximate surface area is 236 Å². The van der Waals surface area contributed by atoms with Crippen molar-refractivity contribution >= 4 is 46.5 Å². The third-order valence-electron chi connectivity index (χ3n) is 6.82. The summed E-state index contributed by atoms with van der Waals surface area (Å²) in [7, 11) is 0. The van der Waals surface area contributed by atoms with Crippen LogP contribution in [-0.4, -0.2) is 74.9 Å². The van der Waals surface area contributed by atoms with E-state index in [-0.39, 0.29) is 25.7 Å². The standard InChI is InChI=1S/C27H38N6O8/c1-3-14(2)23(26(39)32-20(27(40)41)9-11-22(35)36)33-25(38)19(8-10-21(29)34)31-24(37)17(28)12-15-13-30-18-7-5-4-6-16(15)18/h4-7,13-14,17,19-20,23,30H,3,8-12,28H2,1-2H3,(H2,29,34)(H,31,37)(H,32,39)(H,33,38)(H,35,36)(H,40,41). The Bertz CT molecular complexity index is 1260. The summed E-state index contributed by atoms with van der Waals surface area (Å²) in [5, 5.41) is 26.5. The molecule has 41 heavy (non-hydrogen) atoms. The number of aromatic amines is 1. The number of hydrogen-bond donors (Lipinski definition) is 8. The molecule has 1 heterocycles. The van der Waals surface area contributed by atoms with E-state index in [0.717, 1.165) is 16.5 Å². The number of aliphatic carboxylic acids is 2. The molecule has 0 saturated heterocycles. The SMILES string of the molecule is CCC(C)C(NC(=O)C(CCC(N)=O)NC(=O)C(N)Cc1c[nH]c2ccccc12)C(=O)NC(CCC(=O)O)C(=O)O. The number of amides is 4. The number of carboxylic acids is 2. The Hall–Kier alpha value is -4.46. The van der Waals surface area contributed by atoms with Crippen LogP contribution in [0.2, 0.25) is 0 Å². The van der Waals surface area contributed by atoms with Crippen LogP contribution in [0, 0.1) is 5.92 Å². The van der Waals surface area contributed by atoms with Crippen molar-refractivity contribution in [1.29, 1.82) is 0 Å². The minimum absolute atomic E-state index is 0.158. The van der Waals surface area contributed by atoms with Gasteiger partial charge < -0.3 is 42.6 Å². The molecule has 224 valence electrons. The van der Waals surface area contributed by atoms with Crippen molar-refractivity contribution in [1.82, 2.24) is 20.9 Å². The quantitative estimate of drug-likeness (QED) is 0.124. The predicted molar refractivity (Wildman–Crippen MR) is 148 cm³/mol. The van der Waals surface area contributed by atoms with Crippen LogP contribution in [0.5, 0.6) is 0 Å². The normalized spacial score (nSPS) is 14.7. The smallest absolute Gasteiger partial charge is 0.326 e. The largest absolute Gasteiger partial charge is 0.481 e. The Balaban J connectivity index is 2.16. The fourth-order valence-corrected chi connectivity index (χ4v) is 4.21. The van der Waals surface area contributed by atoms with Crippen molar-refractivity contribution in [2.45, 2.75) is 76.5 Å². The van der Waals surface area contributed by atoms with E-state index in [1.54, 1.807) is 20.0 Å². The molecule has 5 unspecified atom stereocenters. The lowest BCUT2D eigenvalue weighted by Gasteiger charge is -2.28. The molecule has 1 aromatic heterocycles. The summed E-state index contributed by atoms with van der Waals surface area (Å²) >= 11 is 0. The summed E-state index contributed by atoms with van der Waals surface area (Å²) in [5.41, 5.74) is 13.1. The van der Waals surface area contributed by atoms with Gasteiger partial charge in [-0.25, -0.2) is 4.79 Å². The fraction of sp³-hybridized carbons (Fsp3) is 0.481. The maximum absolute atomic E-state index is 13.3. The molecule has 0 radical (unpaired) electrons. The molecule has 0 saturated carbocycles. The number of fused-ring (bicyclic) bond motifs is 1. The zero-order valence-electron chi connectivity index (χ0n) is 23.0. The Kier molecular flexibility index (Phi) is 12.3. The average Bonchev–Trinajstić information content (AvgIpc) is 3.33. The summed E-state index contributed by atoms with van der Waals surface area (Å²) in [5.74, 6) is -6.12. The van der Waals surface area contributed by atoms with Crippen LogP contribution in [0.15, 0.2) is 30.5 Å². The van der Waals surface area contributed by atoms with Crippen LogP contribution >= 0.6 is 0 Å². The van der Waals surface area contributed by atoms with Gasteiger partial charge in [-0.1, -0.05) is 38.5 Å². The van der Waals surface area contributed by atoms with E-state index in [0.29, 0.717) is 6.42 Å². The van der Waals surface area contributed by atoms with Crippen LogP contribution in [0.1, 0.15) is 51.5 Å². The van der Waals surface area contributed by atoms with Crippen molar-refractivity contribution in [2.24, 2.45) is 17.4 Å². The zero-order chi connectivity index (χ0) is 30.7. The number of carbonyl (C=O) groups excluding carboxylic acids is 4. The number of nitrogens with two attached hydrogens (primary N) is 2. The molecular formula is C27H38N6O8. The number of carboxylic acid groups (broad SMARTS) is 2. The van der Waals surface area contributed by atoms with E-state index in [9.17, 15) is 33.9 Å². The van der Waals surface area contributed by atoms with Gasteiger partial charge in [0.1, 0.15) is 18.1 Å². The number of hydrogen-bond acceptors (Lipinski definition) is 7. The van der Waals surface area contributed by atoms with Crippen molar-refractivity contribution in [3.63, 3.8) is 0 Å². The molecule has 0 fully saturated rings. The van der Waals surface area contributed by atoms with Gasteiger partial charge in [0.25, 0.3) is 0 Å². The summed E-state index contributed by atoms with van der Waals surface area (Å²) < 4.78 is 0. The number of benzene rings is 1. The number of rotatable bonds is 17. The van der Waals surface area contributed by atoms with Gasteiger partial charge in [0.2, 0.25) is 23.6 Å². The van der Waals surface area contributed by atoms with Gasteiger partial charge in [-0.3, -0.25) is 24.0 Å². The first-order chi connectivity index (χ1) is 19.3. The summed E-state index contributed by atoms with van der Waals surface area (Å²) in [6, 6.07) is 2.45. The first-order valence-corrected chi connectivity index (χ1v) is 13.3. The number of carbonyl (C=O) groups is 6. The van der Waals surface area contributed by atoms with Gasteiger partial charge in [-0.2, -0.15) is 0 Å². The highest BCUT2D eigenvalue weighted by Crippen LogP contribution is 2.19. The Morgan fingerprint density at radius 3 is 2.15 bits per heavy atom. The summed E-state index contributed by atoms with van der Waals surface area (Å²) in [6.45, 7) is 3.41. The van der Waals surface area contributed by atoms with Gasteiger partial charge in [0.15, 0.2) is 0 Å². The molecule has 0 bridgehead atoms.